The number of nitrogens with one attached hydrogen (secondary N) is 1. The number of amides is 1. The Hall–Kier alpha value is -1.82. The van der Waals surface area contributed by atoms with E-state index in [4.69, 9.17) is 5.11 Å². The van der Waals surface area contributed by atoms with Crippen LogP contribution in [0.4, 0.5) is 5.82 Å². The lowest BCUT2D eigenvalue weighted by Gasteiger charge is -2.04. The van der Waals surface area contributed by atoms with Gasteiger partial charge in [0.15, 0.2) is 0 Å². The van der Waals surface area contributed by atoms with Gasteiger partial charge in [-0.25, -0.2) is 9.78 Å². The fourth-order valence-electron chi connectivity index (χ4n) is 1.17. The van der Waals surface area contributed by atoms with Crippen molar-refractivity contribution in [3.63, 3.8) is 0 Å². The Labute approximate surface area is 109 Å². The summed E-state index contributed by atoms with van der Waals surface area (Å²) in [6.45, 7) is 0. The van der Waals surface area contributed by atoms with Gasteiger partial charge in [-0.1, -0.05) is 6.07 Å². The van der Waals surface area contributed by atoms with Gasteiger partial charge in [-0.3, -0.25) is 4.79 Å². The van der Waals surface area contributed by atoms with Crippen LogP contribution in [0.1, 0.15) is 12.1 Å². The number of nitrogens with zero attached hydrogens (tertiary/aromatic N) is 1. The van der Waals surface area contributed by atoms with Gasteiger partial charge in [0.25, 0.3) is 0 Å². The third kappa shape index (κ3) is 5.49. The van der Waals surface area contributed by atoms with E-state index in [1.54, 1.807) is 30.0 Å². The summed E-state index contributed by atoms with van der Waals surface area (Å²) in [5.74, 6) is 0.0424. The Morgan fingerprint density at radius 3 is 2.94 bits per heavy atom. The van der Waals surface area contributed by atoms with Crippen LogP contribution in [0.3, 0.4) is 0 Å². The van der Waals surface area contributed by atoms with E-state index >= 15 is 0 Å². The SMILES string of the molecule is CSCCC(=O)Nc1cccc(C=CC(=O)O)n1. The number of aromatic nitrogens is 1. The number of carbonyl (C=O) groups is 2. The third-order valence-electron chi connectivity index (χ3n) is 1.97. The molecule has 5 nitrogen and oxygen atoms in total. The number of carboxylic acid groups (broad SMARTS) is 1. The van der Waals surface area contributed by atoms with Crippen LogP contribution >= 0.6 is 11.8 Å². The highest BCUT2D eigenvalue weighted by Crippen LogP contribution is 2.07. The number of hydrogen-bond acceptors (Lipinski definition) is 4. The molecule has 0 bridgehead atoms. The summed E-state index contributed by atoms with van der Waals surface area (Å²) in [4.78, 5) is 25.9. The molecule has 0 unspecified atom stereocenters. The highest BCUT2D eigenvalue weighted by Gasteiger charge is 2.02. The fourth-order valence-corrected chi connectivity index (χ4v) is 1.56. The highest BCUT2D eigenvalue weighted by atomic mass is 32.2. The van der Waals surface area contributed by atoms with E-state index in [1.165, 1.54) is 6.08 Å². The van der Waals surface area contributed by atoms with E-state index in [9.17, 15) is 9.59 Å². The minimum atomic E-state index is -1.04. The number of thioether (sulfide) groups is 1. The van der Waals surface area contributed by atoms with Crippen molar-refractivity contribution >= 4 is 35.5 Å². The number of carbonyl (C=O) groups excluding carboxylic acids is 1. The Balaban J connectivity index is 2.64. The lowest BCUT2D eigenvalue weighted by molar-refractivity contribution is -0.131. The molecule has 2 N–H and O–H groups in total. The van der Waals surface area contributed by atoms with Crippen LogP contribution < -0.4 is 5.32 Å². The molecule has 1 aromatic heterocycles. The summed E-state index contributed by atoms with van der Waals surface area (Å²) in [5, 5.41) is 11.2. The van der Waals surface area contributed by atoms with E-state index in [1.807, 2.05) is 6.26 Å². The second-order valence-electron chi connectivity index (χ2n) is 3.41. The smallest absolute Gasteiger partial charge is 0.328 e. The van der Waals surface area contributed by atoms with Crippen molar-refractivity contribution in [1.29, 1.82) is 0 Å². The van der Waals surface area contributed by atoms with Crippen LogP contribution in [-0.4, -0.2) is 34.0 Å². The molecule has 1 amide bonds. The minimum absolute atomic E-state index is 0.101. The number of pyridine rings is 1. The van der Waals surface area contributed by atoms with Crippen molar-refractivity contribution in [1.82, 2.24) is 4.98 Å². The van der Waals surface area contributed by atoms with Gasteiger partial charge in [0, 0.05) is 18.2 Å². The number of aliphatic carboxylic acids is 1. The number of rotatable bonds is 6. The average Bonchev–Trinajstić information content (AvgIpc) is 2.34. The maximum Gasteiger partial charge on any atom is 0.328 e. The molecule has 96 valence electrons. The number of anilines is 1. The van der Waals surface area contributed by atoms with Crippen molar-refractivity contribution < 1.29 is 14.7 Å². The number of carboxylic acids is 1. The van der Waals surface area contributed by atoms with Crippen LogP contribution in [0.25, 0.3) is 6.08 Å². The molecule has 1 heterocycles. The summed E-state index contributed by atoms with van der Waals surface area (Å²) in [5.41, 5.74) is 0.486. The zero-order chi connectivity index (χ0) is 13.4. The summed E-state index contributed by atoms with van der Waals surface area (Å²) >= 11 is 1.60. The first-order valence-corrected chi connectivity index (χ1v) is 6.68. The van der Waals surface area contributed by atoms with Gasteiger partial charge >= 0.3 is 5.97 Å². The van der Waals surface area contributed by atoms with Gasteiger partial charge in [-0.05, 0) is 24.5 Å². The van der Waals surface area contributed by atoms with Crippen LogP contribution in [-0.2, 0) is 9.59 Å². The topological polar surface area (TPSA) is 79.3 Å². The Kier molecular flexibility index (Phi) is 5.93. The summed E-state index contributed by atoms with van der Waals surface area (Å²) in [6.07, 6.45) is 4.74. The molecule has 6 heteroatoms. The lowest BCUT2D eigenvalue weighted by Crippen LogP contribution is -2.13. The molecule has 0 fully saturated rings. The number of hydrogen-bond donors (Lipinski definition) is 2. The van der Waals surface area contributed by atoms with Gasteiger partial charge in [0.05, 0.1) is 5.69 Å². The predicted molar refractivity (Wildman–Crippen MR) is 72.5 cm³/mol. The zero-order valence-electron chi connectivity index (χ0n) is 9.92. The first-order chi connectivity index (χ1) is 8.61. The second kappa shape index (κ2) is 7.50. The quantitative estimate of drug-likeness (QED) is 0.768. The van der Waals surface area contributed by atoms with Gasteiger partial charge in [-0.15, -0.1) is 0 Å². The second-order valence-corrected chi connectivity index (χ2v) is 4.40. The first-order valence-electron chi connectivity index (χ1n) is 5.28. The summed E-state index contributed by atoms with van der Waals surface area (Å²) in [6, 6.07) is 5.03. The molecule has 0 aliphatic rings. The molecular formula is C12H14N2O3S. The van der Waals surface area contributed by atoms with Gasteiger partial charge in [0.2, 0.25) is 5.91 Å². The predicted octanol–water partition coefficient (Wildman–Crippen LogP) is 1.87. The van der Waals surface area contributed by atoms with E-state index in [0.717, 1.165) is 11.8 Å². The van der Waals surface area contributed by atoms with E-state index < -0.39 is 5.97 Å². The van der Waals surface area contributed by atoms with Crippen LogP contribution in [0.15, 0.2) is 24.3 Å². The normalized spacial score (nSPS) is 10.5. The van der Waals surface area contributed by atoms with Gasteiger partial charge in [-0.2, -0.15) is 11.8 Å². The molecule has 0 atom stereocenters. The van der Waals surface area contributed by atoms with Crippen molar-refractivity contribution in [3.8, 4) is 0 Å². The maximum atomic E-state index is 11.5. The molecule has 1 rings (SSSR count). The zero-order valence-corrected chi connectivity index (χ0v) is 10.7. The van der Waals surface area contributed by atoms with Crippen molar-refractivity contribution in [2.45, 2.75) is 6.42 Å². The fraction of sp³-hybridized carbons (Fsp3) is 0.250. The molecule has 0 saturated carbocycles. The van der Waals surface area contributed by atoms with Gasteiger partial charge < -0.3 is 10.4 Å². The Morgan fingerprint density at radius 2 is 2.28 bits per heavy atom. The molecule has 1 aromatic rings. The maximum absolute atomic E-state index is 11.5. The molecule has 0 spiro atoms. The van der Waals surface area contributed by atoms with Crippen molar-refractivity contribution in [3.05, 3.63) is 30.0 Å². The average molecular weight is 266 g/mol. The lowest BCUT2D eigenvalue weighted by atomic mass is 10.3. The standard InChI is InChI=1S/C12H14N2O3S/c1-18-8-7-11(15)14-10-4-2-3-9(13-10)5-6-12(16)17/h2-6H,7-8H2,1H3,(H,16,17)(H,13,14,15). The summed E-state index contributed by atoms with van der Waals surface area (Å²) < 4.78 is 0. The van der Waals surface area contributed by atoms with Crippen molar-refractivity contribution in [2.75, 3.05) is 17.3 Å². The molecule has 0 aromatic carbocycles. The molecule has 0 aliphatic heterocycles. The van der Waals surface area contributed by atoms with Crippen LogP contribution in [0.5, 0.6) is 0 Å². The minimum Gasteiger partial charge on any atom is -0.478 e. The molecule has 0 radical (unpaired) electrons. The summed E-state index contributed by atoms with van der Waals surface area (Å²) in [7, 11) is 0. The molecular weight excluding hydrogens is 252 g/mol. The Morgan fingerprint density at radius 1 is 1.50 bits per heavy atom. The Bertz CT molecular complexity index is 460. The molecule has 0 aliphatic carbocycles. The van der Waals surface area contributed by atoms with E-state index in [-0.39, 0.29) is 5.91 Å². The van der Waals surface area contributed by atoms with Crippen molar-refractivity contribution in [2.24, 2.45) is 0 Å². The molecule has 18 heavy (non-hydrogen) atoms. The van der Waals surface area contributed by atoms with Gasteiger partial charge in [0.1, 0.15) is 5.82 Å². The monoisotopic (exact) mass is 266 g/mol. The largest absolute Gasteiger partial charge is 0.478 e. The first kappa shape index (κ1) is 14.2. The molecule has 0 saturated heterocycles. The van der Waals surface area contributed by atoms with E-state index in [2.05, 4.69) is 10.3 Å². The van der Waals surface area contributed by atoms with Crippen LogP contribution in [0.2, 0.25) is 0 Å². The third-order valence-corrected chi connectivity index (χ3v) is 2.58. The van der Waals surface area contributed by atoms with E-state index in [0.29, 0.717) is 17.9 Å². The van der Waals surface area contributed by atoms with Crippen LogP contribution in [0, 0.1) is 0 Å². The highest BCUT2D eigenvalue weighted by molar-refractivity contribution is 7.98.